The summed E-state index contributed by atoms with van der Waals surface area (Å²) in [5, 5.41) is 18.0. The van der Waals surface area contributed by atoms with Crippen LogP contribution in [0, 0.1) is 0 Å². The number of nitrogen functional groups attached to an aromatic ring is 1. The maximum atomic E-state index is 5.87. The highest BCUT2D eigenvalue weighted by molar-refractivity contribution is 5.83. The molecule has 7 heteroatoms. The second-order valence-electron chi connectivity index (χ2n) is 6.56. The van der Waals surface area contributed by atoms with Gasteiger partial charge in [0.15, 0.2) is 0 Å². The molecule has 0 atom stereocenters. The third-order valence-corrected chi connectivity index (χ3v) is 4.62. The van der Waals surface area contributed by atoms with Crippen molar-refractivity contribution in [1.29, 1.82) is 0 Å². The highest BCUT2D eigenvalue weighted by Gasteiger charge is 2.11. The lowest BCUT2D eigenvalue weighted by molar-refractivity contribution is 0.676. The Morgan fingerprint density at radius 1 is 0.963 bits per heavy atom. The van der Waals surface area contributed by atoms with Gasteiger partial charge in [-0.3, -0.25) is 4.68 Å². The zero-order chi connectivity index (χ0) is 18.2. The predicted octanol–water partition coefficient (Wildman–Crippen LogP) is 2.92. The lowest BCUT2D eigenvalue weighted by Gasteiger charge is -2.05. The molecule has 0 aliphatic heterocycles. The van der Waals surface area contributed by atoms with Crippen molar-refractivity contribution >= 4 is 27.8 Å². The van der Waals surface area contributed by atoms with Crippen molar-refractivity contribution in [2.75, 3.05) is 5.73 Å². The van der Waals surface area contributed by atoms with Gasteiger partial charge in [0.25, 0.3) is 0 Å². The fraction of sp³-hybridized carbons (Fsp3) is 0.100. The molecule has 2 aromatic carbocycles. The van der Waals surface area contributed by atoms with E-state index in [0.717, 1.165) is 23.3 Å². The smallest absolute Gasteiger partial charge is 0.203 e. The molecular weight excluding hydrogens is 338 g/mol. The van der Waals surface area contributed by atoms with Crippen molar-refractivity contribution < 1.29 is 0 Å². The second-order valence-corrected chi connectivity index (χ2v) is 6.56. The average Bonchev–Trinajstić information content (AvgIpc) is 3.31. The Bertz CT molecular complexity index is 1250. The van der Waals surface area contributed by atoms with Crippen molar-refractivity contribution in [3.8, 4) is 0 Å². The van der Waals surface area contributed by atoms with Gasteiger partial charge in [-0.15, -0.1) is 5.10 Å². The van der Waals surface area contributed by atoms with Crippen LogP contribution < -0.4 is 5.73 Å². The number of pyridine rings is 1. The number of hydrogen-bond acceptors (Lipinski definition) is 5. The summed E-state index contributed by atoms with van der Waals surface area (Å²) in [6.45, 7) is 0.725. The molecule has 0 saturated carbocycles. The highest BCUT2D eigenvalue weighted by atomic mass is 15.3. The number of H-pyrrole nitrogens is 1. The van der Waals surface area contributed by atoms with Gasteiger partial charge in [0.1, 0.15) is 11.3 Å². The van der Waals surface area contributed by atoms with Crippen LogP contribution in [0.15, 0.2) is 60.8 Å². The number of aromatic amines is 1. The molecule has 0 radical (unpaired) electrons. The Labute approximate surface area is 154 Å². The van der Waals surface area contributed by atoms with Gasteiger partial charge in [-0.05, 0) is 40.1 Å². The van der Waals surface area contributed by atoms with Crippen LogP contribution in [0.5, 0.6) is 0 Å². The molecule has 7 nitrogen and oxygen atoms in total. The van der Waals surface area contributed by atoms with Gasteiger partial charge in [-0.25, -0.2) is 4.98 Å². The lowest BCUT2D eigenvalue weighted by atomic mass is 10.1. The predicted molar refractivity (Wildman–Crippen MR) is 104 cm³/mol. The number of anilines is 1. The van der Waals surface area contributed by atoms with Crippen LogP contribution >= 0.6 is 0 Å². The molecule has 0 fully saturated rings. The Morgan fingerprint density at radius 3 is 2.78 bits per heavy atom. The summed E-state index contributed by atoms with van der Waals surface area (Å²) in [6.07, 6.45) is 2.62. The minimum atomic E-state index is 0.432. The first kappa shape index (κ1) is 15.5. The van der Waals surface area contributed by atoms with Gasteiger partial charge >= 0.3 is 0 Å². The first-order valence-corrected chi connectivity index (χ1v) is 8.70. The zero-order valence-electron chi connectivity index (χ0n) is 14.5. The van der Waals surface area contributed by atoms with E-state index in [2.05, 4.69) is 62.9 Å². The summed E-state index contributed by atoms with van der Waals surface area (Å²) in [7, 11) is 0. The molecule has 27 heavy (non-hydrogen) atoms. The highest BCUT2D eigenvalue weighted by Crippen LogP contribution is 2.19. The number of hydrogen-bond donors (Lipinski definition) is 2. The largest absolute Gasteiger partial charge is 0.384 e. The Hall–Kier alpha value is -3.74. The maximum Gasteiger partial charge on any atom is 0.203 e. The molecule has 0 bridgehead atoms. The van der Waals surface area contributed by atoms with Crippen molar-refractivity contribution in [2.24, 2.45) is 0 Å². The molecule has 132 valence electrons. The molecule has 0 saturated heterocycles. The quantitative estimate of drug-likeness (QED) is 0.516. The molecule has 5 aromatic rings. The SMILES string of the molecule is Nc1cc(Cc2ccn(Cc3ccc4ccccc4c3)n2)c2n[nH]nc2n1. The molecule has 0 aliphatic carbocycles. The molecule has 3 aromatic heterocycles. The Morgan fingerprint density at radius 2 is 1.85 bits per heavy atom. The van der Waals surface area contributed by atoms with Crippen LogP contribution in [0.2, 0.25) is 0 Å². The van der Waals surface area contributed by atoms with Gasteiger partial charge in [-0.1, -0.05) is 36.4 Å². The zero-order valence-corrected chi connectivity index (χ0v) is 14.5. The van der Waals surface area contributed by atoms with Gasteiger partial charge in [-0.2, -0.15) is 15.4 Å². The summed E-state index contributed by atoms with van der Waals surface area (Å²) in [6, 6.07) is 18.7. The number of aromatic nitrogens is 6. The standard InChI is InChI=1S/C20H17N7/c21-18-11-16(19-20(22-18)24-26-23-19)10-17-7-8-27(25-17)12-13-5-6-14-3-1-2-4-15(14)9-13/h1-9,11H,10,12H2,(H3,21,22,23,24,26). The van der Waals surface area contributed by atoms with E-state index in [0.29, 0.717) is 17.9 Å². The van der Waals surface area contributed by atoms with E-state index in [9.17, 15) is 0 Å². The van der Waals surface area contributed by atoms with E-state index in [1.807, 2.05) is 23.0 Å². The van der Waals surface area contributed by atoms with Crippen molar-refractivity contribution in [3.63, 3.8) is 0 Å². The number of nitrogens with zero attached hydrogens (tertiary/aromatic N) is 5. The molecule has 3 N–H and O–H groups in total. The summed E-state index contributed by atoms with van der Waals surface area (Å²) < 4.78 is 1.95. The summed E-state index contributed by atoms with van der Waals surface area (Å²) >= 11 is 0. The first-order chi connectivity index (χ1) is 13.2. The topological polar surface area (TPSA) is 98.3 Å². The van der Waals surface area contributed by atoms with E-state index < -0.39 is 0 Å². The number of nitrogens with one attached hydrogen (secondary N) is 1. The molecule has 0 spiro atoms. The normalized spacial score (nSPS) is 11.4. The van der Waals surface area contributed by atoms with Crippen LogP contribution in [0.4, 0.5) is 5.82 Å². The van der Waals surface area contributed by atoms with Gasteiger partial charge in [0.05, 0.1) is 12.2 Å². The fourth-order valence-electron chi connectivity index (χ4n) is 3.36. The third-order valence-electron chi connectivity index (χ3n) is 4.62. The van der Waals surface area contributed by atoms with E-state index >= 15 is 0 Å². The van der Waals surface area contributed by atoms with Gasteiger partial charge in [0.2, 0.25) is 5.65 Å². The Kier molecular flexibility index (Phi) is 3.57. The maximum absolute atomic E-state index is 5.87. The third kappa shape index (κ3) is 2.99. The summed E-state index contributed by atoms with van der Waals surface area (Å²) in [4.78, 5) is 4.17. The lowest BCUT2D eigenvalue weighted by Crippen LogP contribution is -2.02. The van der Waals surface area contributed by atoms with Crippen molar-refractivity contribution in [2.45, 2.75) is 13.0 Å². The monoisotopic (exact) mass is 355 g/mol. The molecule has 3 heterocycles. The van der Waals surface area contributed by atoms with Crippen LogP contribution in [0.25, 0.3) is 21.9 Å². The number of benzene rings is 2. The van der Waals surface area contributed by atoms with Gasteiger partial charge in [0, 0.05) is 12.6 Å². The summed E-state index contributed by atoms with van der Waals surface area (Å²) in [5.74, 6) is 0.432. The van der Waals surface area contributed by atoms with E-state index in [1.165, 1.54) is 16.3 Å². The van der Waals surface area contributed by atoms with Crippen LogP contribution in [0.1, 0.15) is 16.8 Å². The second kappa shape index (κ2) is 6.21. The van der Waals surface area contributed by atoms with Crippen LogP contribution in [-0.4, -0.2) is 30.2 Å². The van der Waals surface area contributed by atoms with Gasteiger partial charge < -0.3 is 5.73 Å². The molecule has 0 unspecified atom stereocenters. The van der Waals surface area contributed by atoms with E-state index in [-0.39, 0.29) is 0 Å². The molecule has 5 rings (SSSR count). The molecule has 0 amide bonds. The minimum Gasteiger partial charge on any atom is -0.384 e. The fourth-order valence-corrected chi connectivity index (χ4v) is 3.36. The van der Waals surface area contributed by atoms with Crippen LogP contribution in [-0.2, 0) is 13.0 Å². The Balaban J connectivity index is 1.39. The van der Waals surface area contributed by atoms with Crippen molar-refractivity contribution in [3.05, 3.63) is 77.6 Å². The number of fused-ring (bicyclic) bond motifs is 2. The molecule has 0 aliphatic rings. The first-order valence-electron chi connectivity index (χ1n) is 8.70. The minimum absolute atomic E-state index is 0.432. The van der Waals surface area contributed by atoms with E-state index in [4.69, 9.17) is 10.8 Å². The van der Waals surface area contributed by atoms with E-state index in [1.54, 1.807) is 0 Å². The number of nitrogens with two attached hydrogens (primary N) is 1. The average molecular weight is 355 g/mol. The molecular formula is C20H17N7. The summed E-state index contributed by atoms with van der Waals surface area (Å²) in [5.41, 5.74) is 10.3. The van der Waals surface area contributed by atoms with Crippen LogP contribution in [0.3, 0.4) is 0 Å². The van der Waals surface area contributed by atoms with Crippen molar-refractivity contribution in [1.82, 2.24) is 30.2 Å². The number of rotatable bonds is 4.